The standard InChI is InChI=1S/C22H32FN7S/c1-13(2)8-17-9-18(23)20(21(24)27-28-25)19(10-17)29-6-7-30(14(3)12-29)16(5)22-26-11-15(4)31-22/h9-11,13-14,16H,6-8,12H2,1-5H3,(H3,24,25,27)/t14-,16?/m0/s1. The first-order valence-corrected chi connectivity index (χ1v) is 11.5. The number of benzene rings is 1. The van der Waals surface area contributed by atoms with E-state index in [1.807, 2.05) is 12.3 Å². The first-order valence-electron chi connectivity index (χ1n) is 10.7. The Kier molecular flexibility index (Phi) is 7.38. The zero-order chi connectivity index (χ0) is 22.7. The molecule has 1 aliphatic rings. The molecule has 0 spiro atoms. The number of rotatable bonds is 6. The van der Waals surface area contributed by atoms with E-state index in [4.69, 9.17) is 11.3 Å². The van der Waals surface area contributed by atoms with Crippen LogP contribution in [0.25, 0.3) is 0 Å². The van der Waals surface area contributed by atoms with Gasteiger partial charge in [0.05, 0.1) is 17.3 Å². The predicted octanol–water partition coefficient (Wildman–Crippen LogP) is 4.71. The van der Waals surface area contributed by atoms with Gasteiger partial charge in [-0.3, -0.25) is 10.3 Å². The molecular formula is C22H32FN7S. The quantitative estimate of drug-likeness (QED) is 0.221. The van der Waals surface area contributed by atoms with Crippen LogP contribution in [0.4, 0.5) is 10.1 Å². The van der Waals surface area contributed by atoms with Crippen LogP contribution < -0.4 is 10.7 Å². The summed E-state index contributed by atoms with van der Waals surface area (Å²) in [6.07, 6.45) is 2.69. The Morgan fingerprint density at radius 2 is 2.10 bits per heavy atom. The highest BCUT2D eigenvalue weighted by molar-refractivity contribution is 7.11. The highest BCUT2D eigenvalue weighted by atomic mass is 32.1. The van der Waals surface area contributed by atoms with Crippen LogP contribution in [0.5, 0.6) is 0 Å². The molecular weight excluding hydrogens is 413 g/mol. The normalized spacial score (nSPS) is 18.8. The summed E-state index contributed by atoms with van der Waals surface area (Å²) in [6, 6.07) is 3.97. The van der Waals surface area contributed by atoms with Crippen molar-refractivity contribution in [3.63, 3.8) is 0 Å². The molecule has 2 atom stereocenters. The Labute approximate surface area is 187 Å². The minimum atomic E-state index is -0.452. The van der Waals surface area contributed by atoms with Crippen molar-refractivity contribution in [3.8, 4) is 0 Å². The van der Waals surface area contributed by atoms with Crippen LogP contribution in [0.2, 0.25) is 0 Å². The number of halogens is 1. The minimum Gasteiger partial charge on any atom is -0.368 e. The molecule has 1 aromatic carbocycles. The Hall–Kier alpha value is -2.39. The summed E-state index contributed by atoms with van der Waals surface area (Å²) in [6.45, 7) is 12.9. The van der Waals surface area contributed by atoms with Gasteiger partial charge in [0, 0.05) is 36.8 Å². The lowest BCUT2D eigenvalue weighted by Crippen LogP contribution is -2.53. The summed E-state index contributed by atoms with van der Waals surface area (Å²) in [5.41, 5.74) is 1.77. The summed E-state index contributed by atoms with van der Waals surface area (Å²) in [4.78, 5) is 10.4. The number of aromatic nitrogens is 1. The fraction of sp³-hybridized carbons (Fsp3) is 0.545. The van der Waals surface area contributed by atoms with E-state index in [0.29, 0.717) is 11.6 Å². The van der Waals surface area contributed by atoms with Crippen molar-refractivity contribution >= 4 is 22.9 Å². The third-order valence-electron chi connectivity index (χ3n) is 5.68. The Morgan fingerprint density at radius 3 is 2.68 bits per heavy atom. The molecule has 0 saturated carbocycles. The van der Waals surface area contributed by atoms with E-state index >= 15 is 4.39 Å². The van der Waals surface area contributed by atoms with Crippen LogP contribution in [-0.4, -0.2) is 41.4 Å². The van der Waals surface area contributed by atoms with Gasteiger partial charge in [-0.2, -0.15) is 0 Å². The lowest BCUT2D eigenvalue weighted by molar-refractivity contribution is 0.138. The molecule has 1 aromatic heterocycles. The van der Waals surface area contributed by atoms with Gasteiger partial charge in [0.1, 0.15) is 10.8 Å². The summed E-state index contributed by atoms with van der Waals surface area (Å²) < 4.78 is 15.1. The number of aryl methyl sites for hydroxylation is 1. The first-order chi connectivity index (χ1) is 14.7. The second kappa shape index (κ2) is 9.82. The third-order valence-corrected chi connectivity index (χ3v) is 6.76. The number of nitrogens with two attached hydrogens (primary N) is 1. The molecule has 1 saturated heterocycles. The van der Waals surface area contributed by atoms with E-state index in [2.05, 4.69) is 59.7 Å². The van der Waals surface area contributed by atoms with E-state index in [-0.39, 0.29) is 23.5 Å². The monoisotopic (exact) mass is 445 g/mol. The van der Waals surface area contributed by atoms with E-state index in [1.54, 1.807) is 11.3 Å². The largest absolute Gasteiger partial charge is 0.368 e. The number of piperazine rings is 1. The fourth-order valence-corrected chi connectivity index (χ4v) is 5.15. The van der Waals surface area contributed by atoms with Crippen molar-refractivity contribution in [3.05, 3.63) is 45.2 Å². The molecule has 168 valence electrons. The van der Waals surface area contributed by atoms with Gasteiger partial charge in [0.15, 0.2) is 5.84 Å². The molecule has 31 heavy (non-hydrogen) atoms. The smallest absolute Gasteiger partial charge is 0.181 e. The molecule has 2 aromatic rings. The maximum atomic E-state index is 15.1. The SMILES string of the molecule is Cc1cnc(C(C)N2CCN(c3cc(CC(C)C)cc(F)c3C(=N)N=NN)C[C@@H]2C)s1. The molecule has 9 heteroatoms. The lowest BCUT2D eigenvalue weighted by atomic mass is 9.98. The first kappa shape index (κ1) is 23.3. The van der Waals surface area contributed by atoms with E-state index < -0.39 is 5.82 Å². The Bertz CT molecular complexity index is 955. The van der Waals surface area contributed by atoms with Crippen LogP contribution in [-0.2, 0) is 6.42 Å². The molecule has 1 unspecified atom stereocenters. The number of anilines is 1. The second-order valence-corrected chi connectivity index (χ2v) is 9.92. The van der Waals surface area contributed by atoms with E-state index in [1.165, 1.54) is 10.9 Å². The molecule has 3 N–H and O–H groups in total. The van der Waals surface area contributed by atoms with Gasteiger partial charge in [-0.1, -0.05) is 19.1 Å². The minimum absolute atomic E-state index is 0.158. The maximum absolute atomic E-state index is 15.1. The van der Waals surface area contributed by atoms with Crippen LogP contribution in [0, 0.1) is 24.1 Å². The molecule has 1 aliphatic heterocycles. The van der Waals surface area contributed by atoms with Gasteiger partial charge in [-0.05, 0) is 50.8 Å². The third kappa shape index (κ3) is 5.27. The van der Waals surface area contributed by atoms with Crippen LogP contribution in [0.3, 0.4) is 0 Å². The summed E-state index contributed by atoms with van der Waals surface area (Å²) in [7, 11) is 0. The zero-order valence-electron chi connectivity index (χ0n) is 18.9. The molecule has 1 fully saturated rings. The van der Waals surface area contributed by atoms with Gasteiger partial charge in [0.2, 0.25) is 0 Å². The van der Waals surface area contributed by atoms with E-state index in [9.17, 15) is 0 Å². The van der Waals surface area contributed by atoms with Gasteiger partial charge in [-0.15, -0.1) is 16.5 Å². The van der Waals surface area contributed by atoms with Gasteiger partial charge in [-0.25, -0.2) is 9.37 Å². The Balaban J connectivity index is 1.89. The number of nitrogens with one attached hydrogen (secondary N) is 1. The van der Waals surface area contributed by atoms with Crippen molar-refractivity contribution in [2.75, 3.05) is 24.5 Å². The summed E-state index contributed by atoms with van der Waals surface area (Å²) >= 11 is 1.73. The van der Waals surface area contributed by atoms with Crippen molar-refractivity contribution < 1.29 is 4.39 Å². The average Bonchev–Trinajstić information content (AvgIpc) is 3.13. The number of thiazole rings is 1. The van der Waals surface area contributed by atoms with E-state index in [0.717, 1.165) is 36.6 Å². The van der Waals surface area contributed by atoms with Crippen LogP contribution in [0.15, 0.2) is 28.7 Å². The van der Waals surface area contributed by atoms with Crippen molar-refractivity contribution in [1.82, 2.24) is 9.88 Å². The second-order valence-electron chi connectivity index (χ2n) is 8.65. The molecule has 2 heterocycles. The van der Waals surface area contributed by atoms with Gasteiger partial charge < -0.3 is 10.7 Å². The Morgan fingerprint density at radius 1 is 1.35 bits per heavy atom. The lowest BCUT2D eigenvalue weighted by Gasteiger charge is -2.43. The molecule has 3 rings (SSSR count). The molecule has 0 bridgehead atoms. The number of nitrogens with zero attached hydrogens (tertiary/aromatic N) is 5. The summed E-state index contributed by atoms with van der Waals surface area (Å²) in [5, 5.41) is 16.1. The number of hydrogen-bond acceptors (Lipinski definition) is 6. The van der Waals surface area contributed by atoms with Crippen molar-refractivity contribution in [2.24, 2.45) is 22.1 Å². The van der Waals surface area contributed by atoms with Crippen molar-refractivity contribution in [2.45, 2.75) is 53.1 Å². The topological polar surface area (TPSA) is 94.0 Å². The van der Waals surface area contributed by atoms with Crippen LogP contribution in [0.1, 0.15) is 54.7 Å². The predicted molar refractivity (Wildman–Crippen MR) is 124 cm³/mol. The molecule has 7 nitrogen and oxygen atoms in total. The number of amidine groups is 1. The highest BCUT2D eigenvalue weighted by Crippen LogP contribution is 2.32. The number of hydrogen-bond donors (Lipinski definition) is 2. The zero-order valence-corrected chi connectivity index (χ0v) is 19.7. The highest BCUT2D eigenvalue weighted by Gasteiger charge is 2.31. The fourth-order valence-electron chi connectivity index (χ4n) is 4.30. The van der Waals surface area contributed by atoms with Gasteiger partial charge in [0.25, 0.3) is 0 Å². The summed E-state index contributed by atoms with van der Waals surface area (Å²) in [5.74, 6) is 4.84. The van der Waals surface area contributed by atoms with Crippen molar-refractivity contribution in [1.29, 1.82) is 5.41 Å². The van der Waals surface area contributed by atoms with Gasteiger partial charge >= 0.3 is 0 Å². The maximum Gasteiger partial charge on any atom is 0.181 e. The van der Waals surface area contributed by atoms with Crippen LogP contribution >= 0.6 is 11.3 Å². The molecule has 0 radical (unpaired) electrons. The average molecular weight is 446 g/mol. The molecule has 0 amide bonds. The molecule has 0 aliphatic carbocycles.